The van der Waals surface area contributed by atoms with E-state index in [2.05, 4.69) is 41.2 Å². The molecule has 0 unspecified atom stereocenters. The monoisotopic (exact) mass is 241 g/mol. The first kappa shape index (κ1) is 12.6. The summed E-state index contributed by atoms with van der Waals surface area (Å²) in [6.45, 7) is 1.59. The van der Waals surface area contributed by atoms with Crippen molar-refractivity contribution in [3.8, 4) is 0 Å². The minimum absolute atomic E-state index is 0.701. The molecule has 0 aliphatic rings. The van der Waals surface area contributed by atoms with Crippen LogP contribution in [-0.4, -0.2) is 18.6 Å². The Hall–Kier alpha value is -1.87. The van der Waals surface area contributed by atoms with E-state index in [1.54, 1.807) is 0 Å². The SMILES string of the molecule is CN(Cc1ccncc1)c1ccc(CCN)cc1. The second-order valence-corrected chi connectivity index (χ2v) is 4.42. The first-order chi connectivity index (χ1) is 8.79. The van der Waals surface area contributed by atoms with Gasteiger partial charge >= 0.3 is 0 Å². The topological polar surface area (TPSA) is 42.2 Å². The number of pyridine rings is 1. The third-order valence-electron chi connectivity index (χ3n) is 2.98. The average molecular weight is 241 g/mol. The van der Waals surface area contributed by atoms with Gasteiger partial charge in [0, 0.05) is 31.7 Å². The van der Waals surface area contributed by atoms with E-state index in [-0.39, 0.29) is 0 Å². The predicted molar refractivity (Wildman–Crippen MR) is 75.5 cm³/mol. The maximum absolute atomic E-state index is 5.54. The molecule has 2 N–H and O–H groups in total. The number of hydrogen-bond donors (Lipinski definition) is 1. The van der Waals surface area contributed by atoms with Crippen LogP contribution in [0.25, 0.3) is 0 Å². The molecule has 1 aromatic heterocycles. The smallest absolute Gasteiger partial charge is 0.0427 e. The Morgan fingerprint density at radius 3 is 2.28 bits per heavy atom. The minimum Gasteiger partial charge on any atom is -0.370 e. The average Bonchev–Trinajstić information content (AvgIpc) is 2.41. The molecule has 0 aliphatic heterocycles. The summed E-state index contributed by atoms with van der Waals surface area (Å²) in [6.07, 6.45) is 4.59. The molecule has 1 aromatic carbocycles. The molecule has 0 saturated heterocycles. The summed E-state index contributed by atoms with van der Waals surface area (Å²) in [5, 5.41) is 0. The number of rotatable bonds is 5. The third-order valence-corrected chi connectivity index (χ3v) is 2.98. The molecule has 2 rings (SSSR count). The molecular formula is C15H19N3. The summed E-state index contributed by atoms with van der Waals surface area (Å²) >= 11 is 0. The number of nitrogens with two attached hydrogens (primary N) is 1. The molecule has 0 amide bonds. The zero-order valence-corrected chi connectivity index (χ0v) is 10.7. The summed E-state index contributed by atoms with van der Waals surface area (Å²) in [6, 6.07) is 12.7. The van der Waals surface area contributed by atoms with E-state index in [9.17, 15) is 0 Å². The zero-order valence-electron chi connectivity index (χ0n) is 10.7. The van der Waals surface area contributed by atoms with Gasteiger partial charge in [-0.3, -0.25) is 4.98 Å². The highest BCUT2D eigenvalue weighted by Gasteiger charge is 2.02. The number of anilines is 1. The second-order valence-electron chi connectivity index (χ2n) is 4.42. The van der Waals surface area contributed by atoms with Crippen LogP contribution in [0.2, 0.25) is 0 Å². The lowest BCUT2D eigenvalue weighted by molar-refractivity contribution is 0.916. The third kappa shape index (κ3) is 3.31. The molecule has 0 aliphatic carbocycles. The standard InChI is InChI=1S/C15H19N3/c1-18(12-14-7-10-17-11-8-14)15-4-2-13(3-5-15)6-9-16/h2-5,7-8,10-11H,6,9,12,16H2,1H3. The van der Waals surface area contributed by atoms with Gasteiger partial charge in [0.15, 0.2) is 0 Å². The number of nitrogens with zero attached hydrogens (tertiary/aromatic N) is 2. The summed E-state index contributed by atoms with van der Waals surface area (Å²) in [7, 11) is 2.10. The quantitative estimate of drug-likeness (QED) is 0.872. The van der Waals surface area contributed by atoms with Crippen LogP contribution in [0.5, 0.6) is 0 Å². The highest BCUT2D eigenvalue weighted by molar-refractivity contribution is 5.47. The molecule has 0 radical (unpaired) electrons. The van der Waals surface area contributed by atoms with E-state index in [4.69, 9.17) is 5.73 Å². The molecule has 0 spiro atoms. The van der Waals surface area contributed by atoms with Gasteiger partial charge in [0.25, 0.3) is 0 Å². The molecule has 0 bridgehead atoms. The lowest BCUT2D eigenvalue weighted by Gasteiger charge is -2.19. The predicted octanol–water partition coefficient (Wildman–Crippen LogP) is 2.22. The number of aromatic nitrogens is 1. The van der Waals surface area contributed by atoms with Crippen LogP contribution in [-0.2, 0) is 13.0 Å². The molecule has 1 heterocycles. The first-order valence-electron chi connectivity index (χ1n) is 6.18. The Bertz CT molecular complexity index is 465. The van der Waals surface area contributed by atoms with Crippen LogP contribution < -0.4 is 10.6 Å². The molecule has 94 valence electrons. The van der Waals surface area contributed by atoms with E-state index in [1.165, 1.54) is 16.8 Å². The lowest BCUT2D eigenvalue weighted by atomic mass is 10.1. The van der Waals surface area contributed by atoms with Crippen LogP contribution in [0.15, 0.2) is 48.8 Å². The molecule has 3 nitrogen and oxygen atoms in total. The molecule has 18 heavy (non-hydrogen) atoms. The highest BCUT2D eigenvalue weighted by atomic mass is 15.1. The Morgan fingerprint density at radius 1 is 1.00 bits per heavy atom. The van der Waals surface area contributed by atoms with Crippen molar-refractivity contribution < 1.29 is 0 Å². The van der Waals surface area contributed by atoms with Gasteiger partial charge in [0.2, 0.25) is 0 Å². The van der Waals surface area contributed by atoms with Crippen LogP contribution in [0, 0.1) is 0 Å². The van der Waals surface area contributed by atoms with Crippen molar-refractivity contribution in [2.45, 2.75) is 13.0 Å². The Kier molecular flexibility index (Phi) is 4.31. The maximum Gasteiger partial charge on any atom is 0.0427 e. The van der Waals surface area contributed by atoms with Gasteiger partial charge in [-0.05, 0) is 48.4 Å². The van der Waals surface area contributed by atoms with E-state index in [0.717, 1.165) is 13.0 Å². The Morgan fingerprint density at radius 2 is 1.67 bits per heavy atom. The van der Waals surface area contributed by atoms with Crippen molar-refractivity contribution in [2.24, 2.45) is 5.73 Å². The molecule has 0 fully saturated rings. The summed E-state index contributed by atoms with van der Waals surface area (Å²) in [5.41, 5.74) is 9.31. The van der Waals surface area contributed by atoms with Crippen molar-refractivity contribution in [2.75, 3.05) is 18.5 Å². The van der Waals surface area contributed by atoms with Gasteiger partial charge < -0.3 is 10.6 Å². The molecule has 0 saturated carbocycles. The fourth-order valence-electron chi connectivity index (χ4n) is 1.94. The largest absolute Gasteiger partial charge is 0.370 e. The number of benzene rings is 1. The fourth-order valence-corrected chi connectivity index (χ4v) is 1.94. The summed E-state index contributed by atoms with van der Waals surface area (Å²) in [4.78, 5) is 6.25. The van der Waals surface area contributed by atoms with Gasteiger partial charge in [-0.1, -0.05) is 12.1 Å². The summed E-state index contributed by atoms with van der Waals surface area (Å²) in [5.74, 6) is 0. The summed E-state index contributed by atoms with van der Waals surface area (Å²) < 4.78 is 0. The number of hydrogen-bond acceptors (Lipinski definition) is 3. The van der Waals surface area contributed by atoms with E-state index in [0.29, 0.717) is 6.54 Å². The van der Waals surface area contributed by atoms with Gasteiger partial charge in [-0.25, -0.2) is 0 Å². The highest BCUT2D eigenvalue weighted by Crippen LogP contribution is 2.16. The molecule has 3 heteroatoms. The van der Waals surface area contributed by atoms with Gasteiger partial charge in [0.05, 0.1) is 0 Å². The van der Waals surface area contributed by atoms with Crippen molar-refractivity contribution in [1.29, 1.82) is 0 Å². The van der Waals surface area contributed by atoms with Gasteiger partial charge in [-0.15, -0.1) is 0 Å². The molecule has 2 aromatic rings. The molecular weight excluding hydrogens is 222 g/mol. The lowest BCUT2D eigenvalue weighted by Crippen LogP contribution is -2.16. The van der Waals surface area contributed by atoms with Crippen molar-refractivity contribution in [1.82, 2.24) is 4.98 Å². The van der Waals surface area contributed by atoms with E-state index in [1.807, 2.05) is 24.5 Å². The Balaban J connectivity index is 2.02. The van der Waals surface area contributed by atoms with Gasteiger partial charge in [0.1, 0.15) is 0 Å². The van der Waals surface area contributed by atoms with Gasteiger partial charge in [-0.2, -0.15) is 0 Å². The van der Waals surface area contributed by atoms with Crippen LogP contribution in [0.4, 0.5) is 5.69 Å². The van der Waals surface area contributed by atoms with Crippen LogP contribution >= 0.6 is 0 Å². The minimum atomic E-state index is 0.701. The zero-order chi connectivity index (χ0) is 12.8. The second kappa shape index (κ2) is 6.17. The van der Waals surface area contributed by atoms with Crippen LogP contribution in [0.3, 0.4) is 0 Å². The van der Waals surface area contributed by atoms with E-state index < -0.39 is 0 Å². The van der Waals surface area contributed by atoms with Crippen molar-refractivity contribution in [3.05, 3.63) is 59.9 Å². The molecule has 0 atom stereocenters. The maximum atomic E-state index is 5.54. The Labute approximate surface area is 108 Å². The van der Waals surface area contributed by atoms with Crippen molar-refractivity contribution in [3.63, 3.8) is 0 Å². The van der Waals surface area contributed by atoms with E-state index >= 15 is 0 Å². The first-order valence-corrected chi connectivity index (χ1v) is 6.18. The normalized spacial score (nSPS) is 10.3. The fraction of sp³-hybridized carbons (Fsp3) is 0.267. The van der Waals surface area contributed by atoms with Crippen molar-refractivity contribution >= 4 is 5.69 Å². The van der Waals surface area contributed by atoms with Crippen LogP contribution in [0.1, 0.15) is 11.1 Å².